The van der Waals surface area contributed by atoms with Gasteiger partial charge in [-0.2, -0.15) is 5.21 Å². The number of carbonyl (C=O) groups excluding carboxylic acids is 1. The van der Waals surface area contributed by atoms with Gasteiger partial charge in [-0.25, -0.2) is 4.79 Å². The lowest BCUT2D eigenvalue weighted by Gasteiger charge is -2.42. The SMILES string of the molecule is NCC1(c2cccc(Cl)c2)CCC(N2CCN(c3ccc(-c4nn[nH]n4)cc3)C2=O)CC1. The first-order chi connectivity index (χ1) is 15.6. The van der Waals surface area contributed by atoms with Gasteiger partial charge < -0.3 is 10.6 Å². The molecule has 3 aromatic rings. The van der Waals surface area contributed by atoms with Crippen LogP contribution < -0.4 is 10.6 Å². The Labute approximate surface area is 191 Å². The van der Waals surface area contributed by atoms with Gasteiger partial charge in [0.2, 0.25) is 5.82 Å². The van der Waals surface area contributed by atoms with Crippen molar-refractivity contribution in [2.75, 3.05) is 24.5 Å². The first kappa shape index (κ1) is 20.9. The standard InChI is InChI=1S/C23H26ClN7O/c24-18-3-1-2-17(14-18)23(15-25)10-8-20(9-11-23)31-13-12-30(22(31)32)19-6-4-16(5-7-19)21-26-28-29-27-21/h1-7,14,20H,8-13,15,25H2,(H,26,27,28,29). The number of benzene rings is 2. The average molecular weight is 452 g/mol. The lowest BCUT2D eigenvalue weighted by Crippen LogP contribution is -2.46. The predicted molar refractivity (Wildman–Crippen MR) is 124 cm³/mol. The van der Waals surface area contributed by atoms with Crippen LogP contribution in [0.2, 0.25) is 5.02 Å². The largest absolute Gasteiger partial charge is 0.330 e. The number of anilines is 1. The quantitative estimate of drug-likeness (QED) is 0.616. The molecule has 3 N–H and O–H groups in total. The maximum atomic E-state index is 13.2. The summed E-state index contributed by atoms with van der Waals surface area (Å²) in [5.74, 6) is 0.538. The van der Waals surface area contributed by atoms with Gasteiger partial charge in [-0.05, 0) is 72.9 Å². The van der Waals surface area contributed by atoms with Crippen LogP contribution in [0.25, 0.3) is 11.4 Å². The summed E-state index contributed by atoms with van der Waals surface area (Å²) < 4.78 is 0. The molecular weight excluding hydrogens is 426 g/mol. The van der Waals surface area contributed by atoms with Crippen LogP contribution in [-0.2, 0) is 5.41 Å². The minimum Gasteiger partial charge on any atom is -0.330 e. The second-order valence-corrected chi connectivity index (χ2v) is 9.07. The van der Waals surface area contributed by atoms with Gasteiger partial charge in [0.15, 0.2) is 0 Å². The van der Waals surface area contributed by atoms with E-state index in [1.807, 2.05) is 52.3 Å². The average Bonchev–Trinajstić information content (AvgIpc) is 3.50. The number of rotatable bonds is 5. The molecule has 2 aromatic carbocycles. The normalized spacial score (nSPS) is 23.7. The smallest absolute Gasteiger partial charge is 0.324 e. The molecule has 2 aliphatic rings. The summed E-state index contributed by atoms with van der Waals surface area (Å²) in [6.45, 7) is 2.02. The van der Waals surface area contributed by atoms with Crippen LogP contribution in [0.1, 0.15) is 31.2 Å². The van der Waals surface area contributed by atoms with Crippen molar-refractivity contribution >= 4 is 23.3 Å². The lowest BCUT2D eigenvalue weighted by molar-refractivity contribution is 0.156. The Morgan fingerprint density at radius 2 is 1.91 bits per heavy atom. The third-order valence-corrected chi connectivity index (χ3v) is 7.24. The van der Waals surface area contributed by atoms with Crippen LogP contribution in [0.3, 0.4) is 0 Å². The predicted octanol–water partition coefficient (Wildman–Crippen LogP) is 3.60. The van der Waals surface area contributed by atoms with Crippen molar-refractivity contribution in [3.05, 3.63) is 59.1 Å². The van der Waals surface area contributed by atoms with Crippen LogP contribution >= 0.6 is 11.6 Å². The van der Waals surface area contributed by atoms with Crippen LogP contribution in [0.15, 0.2) is 48.5 Å². The number of halogens is 1. The first-order valence-corrected chi connectivity index (χ1v) is 11.4. The van der Waals surface area contributed by atoms with Crippen molar-refractivity contribution in [1.29, 1.82) is 0 Å². The van der Waals surface area contributed by atoms with Crippen molar-refractivity contribution in [3.63, 3.8) is 0 Å². The van der Waals surface area contributed by atoms with Crippen LogP contribution in [0.5, 0.6) is 0 Å². The monoisotopic (exact) mass is 451 g/mol. The van der Waals surface area contributed by atoms with E-state index in [2.05, 4.69) is 26.7 Å². The molecule has 1 aliphatic heterocycles. The van der Waals surface area contributed by atoms with Crippen molar-refractivity contribution in [3.8, 4) is 11.4 Å². The van der Waals surface area contributed by atoms with E-state index in [4.69, 9.17) is 17.3 Å². The molecular formula is C23H26ClN7O. The number of aromatic nitrogens is 4. The van der Waals surface area contributed by atoms with E-state index in [1.54, 1.807) is 0 Å². The summed E-state index contributed by atoms with van der Waals surface area (Å²) in [4.78, 5) is 17.1. The summed E-state index contributed by atoms with van der Waals surface area (Å²) in [6, 6.07) is 16.1. The zero-order valence-electron chi connectivity index (χ0n) is 17.7. The third kappa shape index (κ3) is 3.73. The fraction of sp³-hybridized carbons (Fsp3) is 0.391. The molecule has 5 rings (SSSR count). The van der Waals surface area contributed by atoms with Gasteiger partial charge in [0, 0.05) is 47.4 Å². The molecule has 0 spiro atoms. The van der Waals surface area contributed by atoms with Crippen molar-refractivity contribution in [1.82, 2.24) is 25.5 Å². The van der Waals surface area contributed by atoms with E-state index in [0.717, 1.165) is 48.5 Å². The summed E-state index contributed by atoms with van der Waals surface area (Å²) in [6.07, 6.45) is 3.80. The maximum Gasteiger partial charge on any atom is 0.324 e. The number of amides is 2. The number of aromatic amines is 1. The van der Waals surface area contributed by atoms with E-state index in [0.29, 0.717) is 18.9 Å². The van der Waals surface area contributed by atoms with Gasteiger partial charge in [-0.15, -0.1) is 10.2 Å². The molecule has 1 saturated heterocycles. The zero-order chi connectivity index (χ0) is 22.1. The topological polar surface area (TPSA) is 104 Å². The van der Waals surface area contributed by atoms with Crippen LogP contribution in [0.4, 0.5) is 10.5 Å². The van der Waals surface area contributed by atoms with Gasteiger partial charge in [-0.1, -0.05) is 23.7 Å². The highest BCUT2D eigenvalue weighted by atomic mass is 35.5. The fourth-order valence-electron chi connectivity index (χ4n) is 5.10. The van der Waals surface area contributed by atoms with E-state index in [1.165, 1.54) is 5.56 Å². The molecule has 0 unspecified atom stereocenters. The molecule has 9 heteroatoms. The Kier molecular flexibility index (Phi) is 5.57. The number of nitrogens with one attached hydrogen (secondary N) is 1. The fourth-order valence-corrected chi connectivity index (χ4v) is 5.29. The molecule has 2 amide bonds. The number of tetrazole rings is 1. The summed E-state index contributed by atoms with van der Waals surface area (Å²) in [5.41, 5.74) is 9.14. The number of carbonyl (C=O) groups is 1. The molecule has 0 radical (unpaired) electrons. The molecule has 8 nitrogen and oxygen atoms in total. The number of nitrogens with zero attached hydrogens (tertiary/aromatic N) is 5. The molecule has 0 bridgehead atoms. The van der Waals surface area contributed by atoms with E-state index >= 15 is 0 Å². The molecule has 166 valence electrons. The second-order valence-electron chi connectivity index (χ2n) is 8.64. The summed E-state index contributed by atoms with van der Waals surface area (Å²) in [5, 5.41) is 14.8. The molecule has 2 heterocycles. The van der Waals surface area contributed by atoms with Gasteiger partial charge in [-0.3, -0.25) is 4.90 Å². The summed E-state index contributed by atoms with van der Waals surface area (Å²) >= 11 is 6.24. The lowest BCUT2D eigenvalue weighted by atomic mass is 9.68. The van der Waals surface area contributed by atoms with Gasteiger partial charge in [0.1, 0.15) is 0 Å². The Balaban J connectivity index is 1.26. The maximum absolute atomic E-state index is 13.2. The minimum absolute atomic E-state index is 0.0607. The highest BCUT2D eigenvalue weighted by Crippen LogP contribution is 2.41. The molecule has 1 saturated carbocycles. The number of hydrogen-bond acceptors (Lipinski definition) is 5. The molecule has 32 heavy (non-hydrogen) atoms. The van der Waals surface area contributed by atoms with Gasteiger partial charge >= 0.3 is 6.03 Å². The Hall–Kier alpha value is -2.97. The molecule has 2 fully saturated rings. The third-order valence-electron chi connectivity index (χ3n) is 7.00. The molecule has 0 atom stereocenters. The minimum atomic E-state index is -0.0607. The van der Waals surface area contributed by atoms with Crippen molar-refractivity contribution in [2.24, 2.45) is 5.73 Å². The first-order valence-electron chi connectivity index (χ1n) is 11.0. The van der Waals surface area contributed by atoms with E-state index in [-0.39, 0.29) is 17.5 Å². The van der Waals surface area contributed by atoms with Gasteiger partial charge in [0.25, 0.3) is 0 Å². The number of H-pyrrole nitrogens is 1. The Morgan fingerprint density at radius 1 is 1.12 bits per heavy atom. The Morgan fingerprint density at radius 3 is 2.56 bits per heavy atom. The van der Waals surface area contributed by atoms with Crippen molar-refractivity contribution < 1.29 is 4.79 Å². The Bertz CT molecular complexity index is 1080. The zero-order valence-corrected chi connectivity index (χ0v) is 18.5. The second kappa shape index (κ2) is 8.52. The highest BCUT2D eigenvalue weighted by molar-refractivity contribution is 6.30. The van der Waals surface area contributed by atoms with Crippen LogP contribution in [-0.4, -0.2) is 57.2 Å². The van der Waals surface area contributed by atoms with E-state index < -0.39 is 0 Å². The van der Waals surface area contributed by atoms with Crippen LogP contribution in [0, 0.1) is 0 Å². The van der Waals surface area contributed by atoms with Crippen molar-refractivity contribution in [2.45, 2.75) is 37.1 Å². The van der Waals surface area contributed by atoms with E-state index in [9.17, 15) is 4.79 Å². The number of nitrogens with two attached hydrogens (primary N) is 1. The molecule has 1 aliphatic carbocycles. The highest BCUT2D eigenvalue weighted by Gasteiger charge is 2.41. The number of urea groups is 1. The summed E-state index contributed by atoms with van der Waals surface area (Å²) in [7, 11) is 0. The number of hydrogen-bond donors (Lipinski definition) is 2. The molecule has 1 aromatic heterocycles. The van der Waals surface area contributed by atoms with Gasteiger partial charge in [0.05, 0.1) is 0 Å².